The largest absolute Gasteiger partial charge is 0.435 e. The first-order valence-electron chi connectivity index (χ1n) is 7.20. The van der Waals surface area contributed by atoms with Crippen LogP contribution in [0.25, 0.3) is 17.0 Å². The molecular weight excluding hydrogens is 289 g/mol. The Morgan fingerprint density at radius 2 is 1.68 bits per heavy atom. The van der Waals surface area contributed by atoms with Crippen molar-refractivity contribution in [3.05, 3.63) is 47.7 Å². The molecule has 0 bridgehead atoms. The van der Waals surface area contributed by atoms with Gasteiger partial charge < -0.3 is 0 Å². The highest BCUT2D eigenvalue weighted by Crippen LogP contribution is 2.33. The van der Waals surface area contributed by atoms with Gasteiger partial charge in [0.1, 0.15) is 0 Å². The van der Waals surface area contributed by atoms with Gasteiger partial charge in [-0.2, -0.15) is 18.3 Å². The molecule has 0 fully saturated rings. The predicted molar refractivity (Wildman–Crippen MR) is 84.4 cm³/mol. The van der Waals surface area contributed by atoms with Gasteiger partial charge in [-0.3, -0.25) is 0 Å². The van der Waals surface area contributed by atoms with Gasteiger partial charge in [-0.05, 0) is 26.8 Å². The molecule has 2 aromatic rings. The molecule has 0 amide bonds. The van der Waals surface area contributed by atoms with E-state index in [1.54, 1.807) is 32.1 Å². The third kappa shape index (κ3) is 4.00. The van der Waals surface area contributed by atoms with Crippen LogP contribution in [0.5, 0.6) is 0 Å². The number of aromatic nitrogens is 2. The van der Waals surface area contributed by atoms with Gasteiger partial charge in [0.05, 0.1) is 5.69 Å². The Balaban J connectivity index is 0.00000116. The fourth-order valence-corrected chi connectivity index (χ4v) is 1.84. The molecule has 2 nitrogen and oxygen atoms in total. The topological polar surface area (TPSA) is 17.8 Å². The molecule has 120 valence electrons. The molecule has 1 aromatic carbocycles. The first-order valence-corrected chi connectivity index (χ1v) is 7.20. The average molecular weight is 310 g/mol. The van der Waals surface area contributed by atoms with Crippen LogP contribution < -0.4 is 0 Å². The molecule has 1 heterocycles. The van der Waals surface area contributed by atoms with Crippen LogP contribution in [0.2, 0.25) is 0 Å². The number of rotatable bonds is 2. The normalized spacial score (nSPS) is 11.9. The van der Waals surface area contributed by atoms with Crippen molar-refractivity contribution < 1.29 is 13.2 Å². The van der Waals surface area contributed by atoms with Crippen LogP contribution >= 0.6 is 0 Å². The van der Waals surface area contributed by atoms with Crippen LogP contribution in [0.4, 0.5) is 13.2 Å². The summed E-state index contributed by atoms with van der Waals surface area (Å²) in [6.07, 6.45) is -2.72. The zero-order chi connectivity index (χ0) is 16.9. The second kappa shape index (κ2) is 7.29. The van der Waals surface area contributed by atoms with Gasteiger partial charge in [0.15, 0.2) is 5.69 Å². The first kappa shape index (κ1) is 18.0. The molecule has 0 radical (unpaired) electrons. The summed E-state index contributed by atoms with van der Waals surface area (Å²) in [7, 11) is 0. The standard InChI is InChI=1S/C15H15F3N2.C2H6/c1-4-11(3)20-13(9-14(19-20)15(16,17)18)12-7-5-10(2)6-8-12;1-2/h4-9H,1-3H3;1-2H3/b11-4+;. The lowest BCUT2D eigenvalue weighted by Crippen LogP contribution is -2.07. The number of halogens is 3. The minimum Gasteiger partial charge on any atom is -0.237 e. The third-order valence-electron chi connectivity index (χ3n) is 3.10. The van der Waals surface area contributed by atoms with E-state index < -0.39 is 11.9 Å². The van der Waals surface area contributed by atoms with E-state index in [0.717, 1.165) is 11.6 Å². The maximum absolute atomic E-state index is 12.8. The fraction of sp³-hybridized carbons (Fsp3) is 0.353. The number of hydrogen-bond donors (Lipinski definition) is 0. The van der Waals surface area contributed by atoms with Crippen molar-refractivity contribution in [2.75, 3.05) is 0 Å². The molecule has 0 aliphatic rings. The maximum Gasteiger partial charge on any atom is 0.435 e. The summed E-state index contributed by atoms with van der Waals surface area (Å²) in [5.74, 6) is 0. The molecule has 0 unspecified atom stereocenters. The van der Waals surface area contributed by atoms with Gasteiger partial charge >= 0.3 is 6.18 Å². The van der Waals surface area contributed by atoms with Crippen LogP contribution in [0, 0.1) is 6.92 Å². The fourth-order valence-electron chi connectivity index (χ4n) is 1.84. The quantitative estimate of drug-likeness (QED) is 0.687. The minimum atomic E-state index is -4.45. The summed E-state index contributed by atoms with van der Waals surface area (Å²) in [5, 5.41) is 3.67. The average Bonchev–Trinajstić information content (AvgIpc) is 2.94. The monoisotopic (exact) mass is 310 g/mol. The van der Waals surface area contributed by atoms with Crippen LogP contribution in [0.15, 0.2) is 36.4 Å². The number of allylic oxidation sites excluding steroid dienone is 2. The Morgan fingerprint density at radius 1 is 1.14 bits per heavy atom. The zero-order valence-corrected chi connectivity index (χ0v) is 13.5. The molecule has 1 aromatic heterocycles. The van der Waals surface area contributed by atoms with E-state index in [9.17, 15) is 13.2 Å². The van der Waals surface area contributed by atoms with Crippen LogP contribution in [-0.2, 0) is 6.18 Å². The second-order valence-corrected chi connectivity index (χ2v) is 4.62. The second-order valence-electron chi connectivity index (χ2n) is 4.62. The lowest BCUT2D eigenvalue weighted by molar-refractivity contribution is -0.141. The molecule has 0 N–H and O–H groups in total. The summed E-state index contributed by atoms with van der Waals surface area (Å²) in [6.45, 7) is 9.42. The van der Waals surface area contributed by atoms with Crippen molar-refractivity contribution in [2.45, 2.75) is 40.8 Å². The summed E-state index contributed by atoms with van der Waals surface area (Å²) in [4.78, 5) is 0. The molecule has 0 saturated heterocycles. The predicted octanol–water partition coefficient (Wildman–Crippen LogP) is 5.78. The van der Waals surface area contributed by atoms with Crippen molar-refractivity contribution in [1.82, 2.24) is 9.78 Å². The molecule has 22 heavy (non-hydrogen) atoms. The van der Waals surface area contributed by atoms with Crippen LogP contribution in [-0.4, -0.2) is 9.78 Å². The van der Waals surface area contributed by atoms with Crippen molar-refractivity contribution in [3.8, 4) is 11.3 Å². The minimum absolute atomic E-state index is 0.438. The van der Waals surface area contributed by atoms with E-state index >= 15 is 0 Å². The molecule has 0 spiro atoms. The van der Waals surface area contributed by atoms with E-state index in [1.807, 2.05) is 32.9 Å². The molecule has 0 aliphatic carbocycles. The summed E-state index contributed by atoms with van der Waals surface area (Å²) in [6, 6.07) is 8.41. The Hall–Kier alpha value is -2.04. The van der Waals surface area contributed by atoms with Gasteiger partial charge in [-0.1, -0.05) is 49.8 Å². The highest BCUT2D eigenvalue weighted by Gasteiger charge is 2.35. The summed E-state index contributed by atoms with van der Waals surface area (Å²) < 4.78 is 39.8. The Labute approximate surface area is 129 Å². The Morgan fingerprint density at radius 3 is 2.14 bits per heavy atom. The lowest BCUT2D eigenvalue weighted by Gasteiger charge is -2.07. The zero-order valence-electron chi connectivity index (χ0n) is 13.5. The number of aryl methyl sites for hydroxylation is 1. The number of hydrogen-bond acceptors (Lipinski definition) is 1. The van der Waals surface area contributed by atoms with Crippen LogP contribution in [0.1, 0.15) is 39.0 Å². The van der Waals surface area contributed by atoms with Crippen molar-refractivity contribution in [3.63, 3.8) is 0 Å². The van der Waals surface area contributed by atoms with Crippen molar-refractivity contribution in [1.29, 1.82) is 0 Å². The molecular formula is C17H21F3N2. The lowest BCUT2D eigenvalue weighted by atomic mass is 10.1. The number of nitrogens with zero attached hydrogens (tertiary/aromatic N) is 2. The van der Waals surface area contributed by atoms with E-state index in [1.165, 1.54) is 4.68 Å². The molecule has 0 saturated carbocycles. The third-order valence-corrected chi connectivity index (χ3v) is 3.10. The van der Waals surface area contributed by atoms with Crippen molar-refractivity contribution >= 4 is 5.70 Å². The highest BCUT2D eigenvalue weighted by molar-refractivity contribution is 5.65. The summed E-state index contributed by atoms with van der Waals surface area (Å²) >= 11 is 0. The summed E-state index contributed by atoms with van der Waals surface area (Å²) in [5.41, 5.74) is 1.97. The SMILES string of the molecule is C/C=C(\C)n1nc(C(F)(F)F)cc1-c1ccc(C)cc1.CC. The van der Waals surface area contributed by atoms with E-state index in [4.69, 9.17) is 0 Å². The Bertz CT molecular complexity index is 635. The smallest absolute Gasteiger partial charge is 0.237 e. The van der Waals surface area contributed by atoms with Gasteiger partial charge in [0.2, 0.25) is 0 Å². The molecule has 0 aliphatic heterocycles. The van der Waals surface area contributed by atoms with Gasteiger partial charge in [0.25, 0.3) is 0 Å². The van der Waals surface area contributed by atoms with Crippen LogP contribution in [0.3, 0.4) is 0 Å². The van der Waals surface area contributed by atoms with E-state index in [-0.39, 0.29) is 0 Å². The van der Waals surface area contributed by atoms with E-state index in [0.29, 0.717) is 17.0 Å². The highest BCUT2D eigenvalue weighted by atomic mass is 19.4. The molecule has 2 rings (SSSR count). The maximum atomic E-state index is 12.8. The van der Waals surface area contributed by atoms with E-state index in [2.05, 4.69) is 5.10 Å². The van der Waals surface area contributed by atoms with Gasteiger partial charge in [0, 0.05) is 11.3 Å². The van der Waals surface area contributed by atoms with Gasteiger partial charge in [-0.15, -0.1) is 0 Å². The molecule has 0 atom stereocenters. The Kier molecular flexibility index (Phi) is 5.97. The van der Waals surface area contributed by atoms with Gasteiger partial charge in [-0.25, -0.2) is 4.68 Å². The first-order chi connectivity index (χ1) is 10.3. The number of benzene rings is 1. The molecule has 5 heteroatoms. The van der Waals surface area contributed by atoms with Crippen molar-refractivity contribution in [2.24, 2.45) is 0 Å². The number of alkyl halides is 3.